The Labute approximate surface area is 93.4 Å². The fourth-order valence-electron chi connectivity index (χ4n) is 0.996. The highest BCUT2D eigenvalue weighted by Gasteiger charge is 2.30. The molecule has 0 aliphatic carbocycles. The normalized spacial score (nSPS) is 11.4. The number of anilines is 1. The van der Waals surface area contributed by atoms with Crippen molar-refractivity contribution in [3.63, 3.8) is 0 Å². The van der Waals surface area contributed by atoms with E-state index in [1.165, 1.54) is 6.07 Å². The first-order valence-corrected chi connectivity index (χ1v) is 5.10. The zero-order valence-corrected chi connectivity index (χ0v) is 8.73. The maximum atomic E-state index is 12.3. The third-order valence-electron chi connectivity index (χ3n) is 1.69. The number of hydrogen-bond donors (Lipinski definition) is 2. The van der Waals surface area contributed by atoms with Gasteiger partial charge in [-0.15, -0.1) is 11.8 Å². The van der Waals surface area contributed by atoms with Crippen molar-refractivity contribution in [1.82, 2.24) is 0 Å². The molecule has 0 spiro atoms. The predicted molar refractivity (Wildman–Crippen MR) is 54.2 cm³/mol. The molecule has 3 nitrogen and oxygen atoms in total. The van der Waals surface area contributed by atoms with Gasteiger partial charge in [0.2, 0.25) is 0 Å². The van der Waals surface area contributed by atoms with E-state index in [4.69, 9.17) is 10.8 Å². The highest BCUT2D eigenvalue weighted by molar-refractivity contribution is 8.00. The second kappa shape index (κ2) is 4.65. The number of nitrogen functional groups attached to an aromatic ring is 1. The molecule has 7 heteroatoms. The topological polar surface area (TPSA) is 63.3 Å². The van der Waals surface area contributed by atoms with Crippen molar-refractivity contribution < 1.29 is 23.1 Å². The molecule has 0 aliphatic rings. The molecule has 16 heavy (non-hydrogen) atoms. The second-order valence-corrected chi connectivity index (χ2v) is 3.95. The average molecular weight is 251 g/mol. The average Bonchev–Trinajstić information content (AvgIpc) is 2.14. The molecule has 0 saturated carbocycles. The number of alkyl halides is 3. The molecule has 0 radical (unpaired) electrons. The maximum Gasteiger partial charge on any atom is 0.416 e. The first kappa shape index (κ1) is 12.7. The smallest absolute Gasteiger partial charge is 0.416 e. The number of hydrogen-bond acceptors (Lipinski definition) is 3. The molecule has 0 amide bonds. The zero-order valence-electron chi connectivity index (χ0n) is 7.91. The highest BCUT2D eigenvalue weighted by Crippen LogP contribution is 2.34. The minimum Gasteiger partial charge on any atom is -0.481 e. The number of carboxylic acids is 1. The van der Waals surface area contributed by atoms with Crippen molar-refractivity contribution >= 4 is 23.4 Å². The fraction of sp³-hybridized carbons (Fsp3) is 0.222. The molecule has 0 aromatic heterocycles. The second-order valence-electron chi connectivity index (χ2n) is 2.93. The van der Waals surface area contributed by atoms with Gasteiger partial charge in [0.1, 0.15) is 0 Å². The summed E-state index contributed by atoms with van der Waals surface area (Å²) in [7, 11) is 0. The lowest BCUT2D eigenvalue weighted by Crippen LogP contribution is -2.06. The van der Waals surface area contributed by atoms with E-state index in [0.717, 1.165) is 23.9 Å². The minimum atomic E-state index is -4.44. The van der Waals surface area contributed by atoms with Crippen LogP contribution in [-0.4, -0.2) is 16.8 Å². The minimum absolute atomic E-state index is 0.0684. The van der Waals surface area contributed by atoms with E-state index in [9.17, 15) is 18.0 Å². The van der Waals surface area contributed by atoms with Crippen LogP contribution in [0.15, 0.2) is 23.1 Å². The van der Waals surface area contributed by atoms with Crippen LogP contribution in [-0.2, 0) is 11.0 Å². The molecule has 1 aromatic rings. The Bertz CT molecular complexity index is 406. The molecular weight excluding hydrogens is 243 g/mol. The van der Waals surface area contributed by atoms with Crippen molar-refractivity contribution in [3.05, 3.63) is 23.8 Å². The van der Waals surface area contributed by atoms with Crippen LogP contribution in [0, 0.1) is 0 Å². The number of benzene rings is 1. The van der Waals surface area contributed by atoms with Crippen LogP contribution in [0.25, 0.3) is 0 Å². The summed E-state index contributed by atoms with van der Waals surface area (Å²) >= 11 is 0.883. The number of carbonyl (C=O) groups is 1. The summed E-state index contributed by atoms with van der Waals surface area (Å²) in [6, 6.07) is 2.84. The van der Waals surface area contributed by atoms with Crippen LogP contribution >= 0.6 is 11.8 Å². The first-order valence-electron chi connectivity index (χ1n) is 4.12. The van der Waals surface area contributed by atoms with Crippen LogP contribution in [0.2, 0.25) is 0 Å². The Morgan fingerprint density at radius 1 is 1.44 bits per heavy atom. The van der Waals surface area contributed by atoms with Gasteiger partial charge in [0.05, 0.1) is 11.3 Å². The lowest BCUT2D eigenvalue weighted by Gasteiger charge is -2.09. The zero-order chi connectivity index (χ0) is 12.3. The first-order chi connectivity index (χ1) is 7.30. The van der Waals surface area contributed by atoms with Gasteiger partial charge in [-0.2, -0.15) is 13.2 Å². The van der Waals surface area contributed by atoms with Gasteiger partial charge in [-0.1, -0.05) is 0 Å². The number of rotatable bonds is 3. The monoisotopic (exact) mass is 251 g/mol. The molecule has 88 valence electrons. The van der Waals surface area contributed by atoms with Crippen LogP contribution in [0.3, 0.4) is 0 Å². The van der Waals surface area contributed by atoms with Crippen molar-refractivity contribution in [2.75, 3.05) is 11.5 Å². The van der Waals surface area contributed by atoms with E-state index in [2.05, 4.69) is 0 Å². The summed E-state index contributed by atoms with van der Waals surface area (Å²) in [4.78, 5) is 10.6. The third-order valence-corrected chi connectivity index (χ3v) is 2.76. The van der Waals surface area contributed by atoms with Crippen LogP contribution in [0.4, 0.5) is 18.9 Å². The van der Waals surface area contributed by atoms with E-state index in [0.29, 0.717) is 4.90 Å². The van der Waals surface area contributed by atoms with Crippen molar-refractivity contribution in [1.29, 1.82) is 0 Å². The Kier molecular flexibility index (Phi) is 3.69. The van der Waals surface area contributed by atoms with Gasteiger partial charge in [-0.3, -0.25) is 4.79 Å². The largest absolute Gasteiger partial charge is 0.481 e. The molecule has 1 aromatic carbocycles. The molecule has 0 saturated heterocycles. The molecular formula is C9H8F3NO2S. The summed E-state index contributed by atoms with van der Waals surface area (Å²) in [6.45, 7) is 0. The molecule has 0 atom stereocenters. The Morgan fingerprint density at radius 3 is 2.50 bits per heavy atom. The summed E-state index contributed by atoms with van der Waals surface area (Å²) in [6.07, 6.45) is -4.44. The number of carboxylic acid groups (broad SMARTS) is 1. The van der Waals surface area contributed by atoms with E-state index in [-0.39, 0.29) is 11.4 Å². The maximum absolute atomic E-state index is 12.3. The Balaban J connectivity index is 2.88. The van der Waals surface area contributed by atoms with Gasteiger partial charge in [0.15, 0.2) is 0 Å². The SMILES string of the molecule is Nc1cc(C(F)(F)F)ccc1SCC(=O)O. The van der Waals surface area contributed by atoms with E-state index in [1.54, 1.807) is 0 Å². The van der Waals surface area contributed by atoms with Gasteiger partial charge >= 0.3 is 12.1 Å². The van der Waals surface area contributed by atoms with Crippen molar-refractivity contribution in [2.24, 2.45) is 0 Å². The van der Waals surface area contributed by atoms with E-state index < -0.39 is 17.7 Å². The van der Waals surface area contributed by atoms with Gasteiger partial charge in [0.25, 0.3) is 0 Å². The van der Waals surface area contributed by atoms with E-state index in [1.807, 2.05) is 0 Å². The van der Waals surface area contributed by atoms with Gasteiger partial charge in [0, 0.05) is 10.6 Å². The summed E-state index contributed by atoms with van der Waals surface area (Å²) in [5.41, 5.74) is 4.48. The van der Waals surface area contributed by atoms with Crippen molar-refractivity contribution in [3.8, 4) is 0 Å². The molecule has 3 N–H and O–H groups in total. The van der Waals surface area contributed by atoms with Gasteiger partial charge in [-0.25, -0.2) is 0 Å². The Morgan fingerprint density at radius 2 is 2.06 bits per heavy atom. The molecule has 0 heterocycles. The number of aliphatic carboxylic acids is 1. The predicted octanol–water partition coefficient (Wildman–Crippen LogP) is 2.46. The fourth-order valence-corrected chi connectivity index (χ4v) is 1.66. The summed E-state index contributed by atoms with van der Waals surface area (Å²) < 4.78 is 36.8. The van der Waals surface area contributed by atoms with Gasteiger partial charge < -0.3 is 10.8 Å². The molecule has 1 rings (SSSR count). The number of thioether (sulfide) groups is 1. The Hall–Kier alpha value is -1.37. The quantitative estimate of drug-likeness (QED) is 0.639. The summed E-state index contributed by atoms with van der Waals surface area (Å²) in [5, 5.41) is 8.41. The third kappa shape index (κ3) is 3.34. The lowest BCUT2D eigenvalue weighted by molar-refractivity contribution is -0.137. The number of halogens is 3. The molecule has 0 fully saturated rings. The molecule has 0 bridgehead atoms. The lowest BCUT2D eigenvalue weighted by atomic mass is 10.2. The number of nitrogens with two attached hydrogens (primary N) is 1. The molecule has 0 aliphatic heterocycles. The van der Waals surface area contributed by atoms with Crippen LogP contribution < -0.4 is 5.73 Å². The summed E-state index contributed by atoms with van der Waals surface area (Å²) in [5.74, 6) is -1.29. The van der Waals surface area contributed by atoms with E-state index >= 15 is 0 Å². The van der Waals surface area contributed by atoms with Crippen molar-refractivity contribution in [2.45, 2.75) is 11.1 Å². The van der Waals surface area contributed by atoms with Crippen LogP contribution in [0.5, 0.6) is 0 Å². The standard InChI is InChI=1S/C9H8F3NO2S/c10-9(11,12)5-1-2-7(6(13)3-5)16-4-8(14)15/h1-3H,4,13H2,(H,14,15). The van der Waals surface area contributed by atoms with Gasteiger partial charge in [-0.05, 0) is 18.2 Å². The molecule has 0 unspecified atom stereocenters. The highest BCUT2D eigenvalue weighted by atomic mass is 32.2. The van der Waals surface area contributed by atoms with Crippen LogP contribution in [0.1, 0.15) is 5.56 Å².